The summed E-state index contributed by atoms with van der Waals surface area (Å²) in [7, 11) is 1.67. The van der Waals surface area contributed by atoms with E-state index in [1.165, 1.54) is 5.56 Å². The summed E-state index contributed by atoms with van der Waals surface area (Å²) in [5, 5.41) is 3.06. The first-order valence-electron chi connectivity index (χ1n) is 7.60. The van der Waals surface area contributed by atoms with Crippen LogP contribution in [-0.4, -0.2) is 25.2 Å². The van der Waals surface area contributed by atoms with E-state index in [-0.39, 0.29) is 11.6 Å². The third-order valence-corrected chi connectivity index (χ3v) is 3.83. The number of carbonyl (C=O) groups is 1. The molecule has 0 bridgehead atoms. The molecule has 1 atom stereocenters. The van der Waals surface area contributed by atoms with Crippen LogP contribution >= 0.6 is 0 Å². The Kier molecular flexibility index (Phi) is 4.45. The van der Waals surface area contributed by atoms with Crippen molar-refractivity contribution in [2.45, 2.75) is 46.1 Å². The first-order valence-corrected chi connectivity index (χ1v) is 7.60. The van der Waals surface area contributed by atoms with Crippen LogP contribution in [0.1, 0.15) is 39.7 Å². The van der Waals surface area contributed by atoms with Gasteiger partial charge in [-0.2, -0.15) is 0 Å². The van der Waals surface area contributed by atoms with Gasteiger partial charge in [-0.15, -0.1) is 0 Å². The highest BCUT2D eigenvalue weighted by Crippen LogP contribution is 2.33. The maximum atomic E-state index is 12.6. The largest absolute Gasteiger partial charge is 0.497 e. The Morgan fingerprint density at radius 1 is 1.43 bits per heavy atom. The summed E-state index contributed by atoms with van der Waals surface area (Å²) < 4.78 is 5.31. The molecule has 0 aromatic heterocycles. The highest BCUT2D eigenvalue weighted by atomic mass is 16.5. The van der Waals surface area contributed by atoms with Crippen LogP contribution in [0.4, 0.5) is 10.5 Å². The molecule has 1 heterocycles. The molecule has 1 aromatic rings. The minimum Gasteiger partial charge on any atom is -0.497 e. The number of hydrogen-bond donors (Lipinski definition) is 1. The average molecular weight is 290 g/mol. The summed E-state index contributed by atoms with van der Waals surface area (Å²) in [6.45, 7) is 8.96. The van der Waals surface area contributed by atoms with Gasteiger partial charge in [0.1, 0.15) is 5.75 Å². The van der Waals surface area contributed by atoms with Crippen molar-refractivity contribution in [2.75, 3.05) is 18.6 Å². The highest BCUT2D eigenvalue weighted by molar-refractivity contribution is 5.93. The van der Waals surface area contributed by atoms with Gasteiger partial charge in [0, 0.05) is 17.8 Å². The molecule has 0 fully saturated rings. The van der Waals surface area contributed by atoms with E-state index < -0.39 is 0 Å². The lowest BCUT2D eigenvalue weighted by molar-refractivity contribution is 0.235. The van der Waals surface area contributed by atoms with Crippen molar-refractivity contribution in [1.82, 2.24) is 5.32 Å². The average Bonchev–Trinajstić information content (AvgIpc) is 2.43. The Morgan fingerprint density at radius 2 is 2.14 bits per heavy atom. The van der Waals surface area contributed by atoms with Gasteiger partial charge in [-0.05, 0) is 56.9 Å². The fourth-order valence-corrected chi connectivity index (χ4v) is 2.70. The molecule has 4 nitrogen and oxygen atoms in total. The van der Waals surface area contributed by atoms with Gasteiger partial charge in [0.15, 0.2) is 0 Å². The summed E-state index contributed by atoms with van der Waals surface area (Å²) >= 11 is 0. The number of benzene rings is 1. The number of carbonyl (C=O) groups excluding carboxylic acids is 1. The molecule has 1 aromatic carbocycles. The number of methoxy groups -OCH3 is 1. The van der Waals surface area contributed by atoms with Gasteiger partial charge in [-0.3, -0.25) is 4.90 Å². The molecule has 4 heteroatoms. The standard InChI is InChI=1S/C17H26N2O2/c1-6-12-9-13-10-14(21-5)7-8-15(13)19(11-12)16(20)18-17(2,3)4/h7-8,10,12H,6,9,11H2,1-5H3,(H,18,20). The van der Waals surface area contributed by atoms with Crippen LogP contribution in [0, 0.1) is 5.92 Å². The van der Waals surface area contributed by atoms with Gasteiger partial charge < -0.3 is 10.1 Å². The minimum atomic E-state index is -0.233. The predicted molar refractivity (Wildman–Crippen MR) is 86.1 cm³/mol. The fourth-order valence-electron chi connectivity index (χ4n) is 2.70. The normalized spacial score (nSPS) is 18.1. The van der Waals surface area contributed by atoms with E-state index in [1.54, 1.807) is 7.11 Å². The van der Waals surface area contributed by atoms with E-state index in [0.717, 1.165) is 30.8 Å². The monoisotopic (exact) mass is 290 g/mol. The topological polar surface area (TPSA) is 41.6 Å². The van der Waals surface area contributed by atoms with E-state index in [1.807, 2.05) is 37.8 Å². The summed E-state index contributed by atoms with van der Waals surface area (Å²) in [5.41, 5.74) is 1.96. The second kappa shape index (κ2) is 5.96. The van der Waals surface area contributed by atoms with Crippen molar-refractivity contribution in [1.29, 1.82) is 0 Å². The summed E-state index contributed by atoms with van der Waals surface area (Å²) in [6.07, 6.45) is 2.07. The van der Waals surface area contributed by atoms with Crippen LogP contribution in [0.25, 0.3) is 0 Å². The minimum absolute atomic E-state index is 0.0212. The molecule has 0 saturated heterocycles. The molecule has 2 rings (SSSR count). The SMILES string of the molecule is CCC1Cc2cc(OC)ccc2N(C(=O)NC(C)(C)C)C1. The molecule has 0 aliphatic carbocycles. The maximum Gasteiger partial charge on any atom is 0.322 e. The van der Waals surface area contributed by atoms with Crippen molar-refractivity contribution >= 4 is 11.7 Å². The van der Waals surface area contributed by atoms with E-state index in [9.17, 15) is 4.79 Å². The second-order valence-corrected chi connectivity index (χ2v) is 6.76. The van der Waals surface area contributed by atoms with Crippen molar-refractivity contribution in [2.24, 2.45) is 5.92 Å². The molecular weight excluding hydrogens is 264 g/mol. The molecule has 2 amide bonds. The van der Waals surface area contributed by atoms with Crippen molar-refractivity contribution < 1.29 is 9.53 Å². The van der Waals surface area contributed by atoms with Gasteiger partial charge in [0.2, 0.25) is 0 Å². The van der Waals surface area contributed by atoms with Crippen molar-refractivity contribution in [3.05, 3.63) is 23.8 Å². The maximum absolute atomic E-state index is 12.6. The summed E-state index contributed by atoms with van der Waals surface area (Å²) in [4.78, 5) is 14.4. The lowest BCUT2D eigenvalue weighted by atomic mass is 9.90. The van der Waals surface area contributed by atoms with Crippen molar-refractivity contribution in [3.8, 4) is 5.75 Å². The molecule has 0 spiro atoms. The smallest absolute Gasteiger partial charge is 0.322 e. The molecular formula is C17H26N2O2. The number of rotatable bonds is 2. The number of hydrogen-bond acceptors (Lipinski definition) is 2. The number of amides is 2. The third-order valence-electron chi connectivity index (χ3n) is 3.83. The van der Waals surface area contributed by atoms with E-state index >= 15 is 0 Å². The van der Waals surface area contributed by atoms with Gasteiger partial charge in [-0.25, -0.2) is 4.79 Å². The van der Waals surface area contributed by atoms with Gasteiger partial charge >= 0.3 is 6.03 Å². The third kappa shape index (κ3) is 3.69. The molecule has 0 saturated carbocycles. The Balaban J connectivity index is 2.32. The lowest BCUT2D eigenvalue weighted by Crippen LogP contribution is -2.51. The summed E-state index contributed by atoms with van der Waals surface area (Å²) in [6, 6.07) is 5.94. The number of anilines is 1. The first-order chi connectivity index (χ1) is 9.84. The van der Waals surface area contributed by atoms with Gasteiger partial charge in [0.25, 0.3) is 0 Å². The van der Waals surface area contributed by atoms with Crippen LogP contribution in [0.5, 0.6) is 5.75 Å². The Labute approximate surface area is 127 Å². The molecule has 0 radical (unpaired) electrons. The number of ether oxygens (including phenoxy) is 1. The highest BCUT2D eigenvalue weighted by Gasteiger charge is 2.29. The number of nitrogens with zero attached hydrogens (tertiary/aromatic N) is 1. The Morgan fingerprint density at radius 3 is 2.71 bits per heavy atom. The molecule has 1 aliphatic heterocycles. The molecule has 116 valence electrons. The van der Waals surface area contributed by atoms with E-state index in [0.29, 0.717) is 5.92 Å². The van der Waals surface area contributed by atoms with Crippen LogP contribution in [0.15, 0.2) is 18.2 Å². The van der Waals surface area contributed by atoms with Gasteiger partial charge in [-0.1, -0.05) is 13.3 Å². The quantitative estimate of drug-likeness (QED) is 0.904. The molecule has 21 heavy (non-hydrogen) atoms. The Bertz CT molecular complexity index is 520. The van der Waals surface area contributed by atoms with E-state index in [2.05, 4.69) is 18.3 Å². The molecule has 1 N–H and O–H groups in total. The number of fused-ring (bicyclic) bond motifs is 1. The van der Waals surface area contributed by atoms with Crippen LogP contribution in [-0.2, 0) is 6.42 Å². The number of nitrogens with one attached hydrogen (secondary N) is 1. The van der Waals surface area contributed by atoms with Crippen LogP contribution in [0.3, 0.4) is 0 Å². The molecule has 1 unspecified atom stereocenters. The van der Waals surface area contributed by atoms with Crippen molar-refractivity contribution in [3.63, 3.8) is 0 Å². The number of urea groups is 1. The van der Waals surface area contributed by atoms with Gasteiger partial charge in [0.05, 0.1) is 7.11 Å². The van der Waals surface area contributed by atoms with E-state index in [4.69, 9.17) is 4.74 Å². The lowest BCUT2D eigenvalue weighted by Gasteiger charge is -2.36. The van der Waals surface area contributed by atoms with Crippen LogP contribution in [0.2, 0.25) is 0 Å². The van der Waals surface area contributed by atoms with Crippen LogP contribution < -0.4 is 15.0 Å². The predicted octanol–water partition coefficient (Wildman–Crippen LogP) is 3.59. The Hall–Kier alpha value is -1.71. The first kappa shape index (κ1) is 15.7. The zero-order valence-electron chi connectivity index (χ0n) is 13.7. The zero-order chi connectivity index (χ0) is 15.6. The summed E-state index contributed by atoms with van der Waals surface area (Å²) in [5.74, 6) is 1.34. The second-order valence-electron chi connectivity index (χ2n) is 6.76. The zero-order valence-corrected chi connectivity index (χ0v) is 13.7. The molecule has 1 aliphatic rings. The fraction of sp³-hybridized carbons (Fsp3) is 0.588.